The van der Waals surface area contributed by atoms with Gasteiger partial charge in [-0.25, -0.2) is 0 Å². The topological polar surface area (TPSA) is 9.23 Å². The predicted molar refractivity (Wildman–Crippen MR) is 111 cm³/mol. The van der Waals surface area contributed by atoms with Crippen molar-refractivity contribution in [2.24, 2.45) is 0 Å². The lowest BCUT2D eigenvalue weighted by Crippen LogP contribution is -2.04. The summed E-state index contributed by atoms with van der Waals surface area (Å²) >= 11 is 0. The Morgan fingerprint density at radius 1 is 0.615 bits per heavy atom. The quantitative estimate of drug-likeness (QED) is 0.302. The van der Waals surface area contributed by atoms with Crippen LogP contribution in [0, 0.1) is 0 Å². The molecular weight excluding hydrogens is 336 g/mol. The van der Waals surface area contributed by atoms with Crippen LogP contribution in [0.25, 0.3) is 0 Å². The second-order valence-corrected chi connectivity index (χ2v) is 8.34. The zero-order valence-corrected chi connectivity index (χ0v) is 16.3. The Bertz CT molecular complexity index is 714. The molecule has 0 spiro atoms. The summed E-state index contributed by atoms with van der Waals surface area (Å²) in [5, 5.41) is 0. The van der Waals surface area contributed by atoms with E-state index in [4.69, 9.17) is 4.74 Å². The standard InChI is InChI=1S/C24H27OS/c1-2-3-4-11-20-25-21-16-18-24(19-17-21)26(22-12-7-5-8-13-22)23-14-9-6-10-15-23/h5-10,12-19H,2-4,11,20H2,1H3/q+1. The first-order valence-electron chi connectivity index (χ1n) is 9.46. The predicted octanol–water partition coefficient (Wildman–Crippen LogP) is 6.74. The van der Waals surface area contributed by atoms with E-state index in [0.29, 0.717) is 0 Å². The van der Waals surface area contributed by atoms with Crippen molar-refractivity contribution in [2.75, 3.05) is 6.61 Å². The van der Waals surface area contributed by atoms with Gasteiger partial charge in [-0.05, 0) is 55.0 Å². The van der Waals surface area contributed by atoms with Crippen LogP contribution in [0.4, 0.5) is 0 Å². The van der Waals surface area contributed by atoms with Crippen LogP contribution in [-0.2, 0) is 10.9 Å². The van der Waals surface area contributed by atoms with Crippen LogP contribution >= 0.6 is 0 Å². The minimum atomic E-state index is -0.0885. The Hall–Kier alpha value is -2.19. The lowest BCUT2D eigenvalue weighted by molar-refractivity contribution is 0.305. The van der Waals surface area contributed by atoms with Gasteiger partial charge in [0.15, 0.2) is 14.7 Å². The highest BCUT2D eigenvalue weighted by Gasteiger charge is 2.28. The van der Waals surface area contributed by atoms with E-state index in [1.54, 1.807) is 0 Å². The van der Waals surface area contributed by atoms with Gasteiger partial charge in [0.1, 0.15) is 5.75 Å². The molecule has 3 aromatic rings. The molecule has 134 valence electrons. The molecule has 3 rings (SSSR count). The minimum absolute atomic E-state index is 0.0885. The van der Waals surface area contributed by atoms with E-state index in [2.05, 4.69) is 91.9 Å². The molecule has 3 aromatic carbocycles. The van der Waals surface area contributed by atoms with Crippen LogP contribution in [0.3, 0.4) is 0 Å². The first-order valence-corrected chi connectivity index (χ1v) is 10.7. The number of hydrogen-bond donors (Lipinski definition) is 0. The minimum Gasteiger partial charge on any atom is -0.494 e. The van der Waals surface area contributed by atoms with E-state index in [-0.39, 0.29) is 10.9 Å². The van der Waals surface area contributed by atoms with E-state index in [1.165, 1.54) is 33.9 Å². The van der Waals surface area contributed by atoms with Crippen LogP contribution < -0.4 is 4.74 Å². The second kappa shape index (κ2) is 10.1. The Labute approximate surface area is 160 Å². The molecule has 0 unspecified atom stereocenters. The van der Waals surface area contributed by atoms with E-state index in [0.717, 1.165) is 18.8 Å². The van der Waals surface area contributed by atoms with Crippen LogP contribution in [0.2, 0.25) is 0 Å². The molecule has 0 aliphatic heterocycles. The molecule has 0 amide bonds. The van der Waals surface area contributed by atoms with Gasteiger partial charge in [-0.3, -0.25) is 0 Å². The number of unbranched alkanes of at least 4 members (excludes halogenated alkanes) is 3. The van der Waals surface area contributed by atoms with Crippen molar-refractivity contribution in [2.45, 2.75) is 47.3 Å². The van der Waals surface area contributed by atoms with E-state index < -0.39 is 0 Å². The summed E-state index contributed by atoms with van der Waals surface area (Å²) in [5.41, 5.74) is 0. The Morgan fingerprint density at radius 2 is 1.15 bits per heavy atom. The molecule has 0 saturated carbocycles. The maximum Gasteiger partial charge on any atom is 0.166 e. The maximum absolute atomic E-state index is 5.90. The molecule has 0 saturated heterocycles. The summed E-state index contributed by atoms with van der Waals surface area (Å²) in [5.74, 6) is 0.968. The van der Waals surface area contributed by atoms with E-state index in [1.807, 2.05) is 0 Å². The molecular formula is C24H27OS+. The van der Waals surface area contributed by atoms with E-state index >= 15 is 0 Å². The van der Waals surface area contributed by atoms with Gasteiger partial charge in [0.2, 0.25) is 0 Å². The van der Waals surface area contributed by atoms with Gasteiger partial charge in [0.25, 0.3) is 0 Å². The van der Waals surface area contributed by atoms with Crippen molar-refractivity contribution in [3.8, 4) is 5.75 Å². The van der Waals surface area contributed by atoms with Crippen LogP contribution in [-0.4, -0.2) is 6.61 Å². The van der Waals surface area contributed by atoms with Crippen LogP contribution in [0.15, 0.2) is 99.6 Å². The normalized spacial score (nSPS) is 10.8. The average Bonchev–Trinajstić information content (AvgIpc) is 2.71. The van der Waals surface area contributed by atoms with Gasteiger partial charge < -0.3 is 4.74 Å². The van der Waals surface area contributed by atoms with Crippen molar-refractivity contribution in [1.29, 1.82) is 0 Å². The number of hydrogen-bond acceptors (Lipinski definition) is 1. The second-order valence-electron chi connectivity index (χ2n) is 6.31. The third-order valence-corrected chi connectivity index (χ3v) is 6.51. The fourth-order valence-corrected chi connectivity index (χ4v) is 5.00. The SMILES string of the molecule is CCCCCCOc1ccc([S+](c2ccccc2)c2ccccc2)cc1. The molecule has 0 heterocycles. The average molecular weight is 364 g/mol. The van der Waals surface area contributed by atoms with E-state index in [9.17, 15) is 0 Å². The largest absolute Gasteiger partial charge is 0.494 e. The Morgan fingerprint density at radius 3 is 1.69 bits per heavy atom. The molecule has 0 fully saturated rings. The molecule has 0 aliphatic rings. The Balaban J connectivity index is 1.75. The molecule has 0 atom stereocenters. The first kappa shape index (κ1) is 18.6. The van der Waals surface area contributed by atoms with Crippen molar-refractivity contribution < 1.29 is 4.74 Å². The summed E-state index contributed by atoms with van der Waals surface area (Å²) < 4.78 is 5.90. The van der Waals surface area contributed by atoms with Crippen molar-refractivity contribution in [1.82, 2.24) is 0 Å². The van der Waals surface area contributed by atoms with Crippen molar-refractivity contribution in [3.63, 3.8) is 0 Å². The molecule has 1 nitrogen and oxygen atoms in total. The molecule has 0 aliphatic carbocycles. The zero-order chi connectivity index (χ0) is 18.0. The number of ether oxygens (including phenoxy) is 1. The monoisotopic (exact) mass is 363 g/mol. The molecule has 0 radical (unpaired) electrons. The van der Waals surface area contributed by atoms with Gasteiger partial charge in [0, 0.05) is 0 Å². The van der Waals surface area contributed by atoms with Gasteiger partial charge in [-0.1, -0.05) is 62.6 Å². The molecule has 0 N–H and O–H groups in total. The summed E-state index contributed by atoms with van der Waals surface area (Å²) in [6.45, 7) is 3.04. The Kier molecular flexibility index (Phi) is 7.21. The fourth-order valence-electron chi connectivity index (χ4n) is 2.91. The van der Waals surface area contributed by atoms with Gasteiger partial charge >= 0.3 is 0 Å². The molecule has 26 heavy (non-hydrogen) atoms. The maximum atomic E-state index is 5.90. The van der Waals surface area contributed by atoms with Crippen LogP contribution in [0.5, 0.6) is 5.75 Å². The smallest absolute Gasteiger partial charge is 0.166 e. The zero-order valence-electron chi connectivity index (χ0n) is 15.4. The van der Waals surface area contributed by atoms with Gasteiger partial charge in [-0.15, -0.1) is 0 Å². The lowest BCUT2D eigenvalue weighted by Gasteiger charge is -2.09. The summed E-state index contributed by atoms with van der Waals surface area (Å²) in [4.78, 5) is 4.00. The van der Waals surface area contributed by atoms with Crippen molar-refractivity contribution >= 4 is 10.9 Å². The number of rotatable bonds is 9. The molecule has 2 heteroatoms. The molecule has 0 bridgehead atoms. The van der Waals surface area contributed by atoms with Crippen LogP contribution in [0.1, 0.15) is 32.6 Å². The first-order chi connectivity index (χ1) is 12.9. The highest BCUT2D eigenvalue weighted by molar-refractivity contribution is 7.97. The summed E-state index contributed by atoms with van der Waals surface area (Å²) in [6.07, 6.45) is 4.93. The summed E-state index contributed by atoms with van der Waals surface area (Å²) in [6, 6.07) is 30.1. The lowest BCUT2D eigenvalue weighted by atomic mass is 10.2. The highest BCUT2D eigenvalue weighted by atomic mass is 32.2. The summed E-state index contributed by atoms with van der Waals surface area (Å²) in [7, 11) is -0.0885. The van der Waals surface area contributed by atoms with Gasteiger partial charge in [-0.2, -0.15) is 0 Å². The third-order valence-electron chi connectivity index (χ3n) is 4.28. The number of benzene rings is 3. The van der Waals surface area contributed by atoms with Gasteiger partial charge in [0.05, 0.1) is 17.5 Å². The van der Waals surface area contributed by atoms with Crippen molar-refractivity contribution in [3.05, 3.63) is 84.9 Å². The molecule has 0 aromatic heterocycles. The third kappa shape index (κ3) is 5.15. The highest BCUT2D eigenvalue weighted by Crippen LogP contribution is 2.31. The fraction of sp³-hybridized carbons (Fsp3) is 0.250.